The topological polar surface area (TPSA) is 107 Å². The van der Waals surface area contributed by atoms with Crippen LogP contribution in [0.25, 0.3) is 16.9 Å². The normalized spacial score (nSPS) is 20.6. The third-order valence-electron chi connectivity index (χ3n) is 8.38. The molecule has 44 heavy (non-hydrogen) atoms. The average Bonchev–Trinajstić information content (AvgIpc) is 3.43. The smallest absolute Gasteiger partial charge is 0.319 e. The van der Waals surface area contributed by atoms with E-state index in [0.29, 0.717) is 36.7 Å². The van der Waals surface area contributed by atoms with E-state index in [1.165, 1.54) is 12.0 Å². The summed E-state index contributed by atoms with van der Waals surface area (Å²) in [6.45, 7) is 7.30. The number of anilines is 2. The molecule has 1 aliphatic carbocycles. The molecular formula is C33H42N8O3. The molecule has 11 nitrogen and oxygen atoms in total. The van der Waals surface area contributed by atoms with Crippen molar-refractivity contribution in [3.05, 3.63) is 65.9 Å². The molecule has 0 radical (unpaired) electrons. The second-order valence-corrected chi connectivity index (χ2v) is 12.4. The van der Waals surface area contributed by atoms with Crippen molar-refractivity contribution in [2.75, 3.05) is 63.7 Å². The lowest BCUT2D eigenvalue weighted by Gasteiger charge is -2.31. The average molecular weight is 599 g/mol. The quantitative estimate of drug-likeness (QED) is 0.422. The van der Waals surface area contributed by atoms with Crippen molar-refractivity contribution in [1.29, 1.82) is 0 Å². The van der Waals surface area contributed by atoms with E-state index in [9.17, 15) is 9.59 Å². The predicted molar refractivity (Wildman–Crippen MR) is 172 cm³/mol. The number of ether oxygens (including phenoxy) is 1. The van der Waals surface area contributed by atoms with E-state index in [0.717, 1.165) is 62.5 Å². The van der Waals surface area contributed by atoms with Crippen molar-refractivity contribution >= 4 is 29.0 Å². The highest BCUT2D eigenvalue weighted by Gasteiger charge is 2.28. The number of urea groups is 1. The summed E-state index contributed by atoms with van der Waals surface area (Å²) < 4.78 is 7.50. The van der Waals surface area contributed by atoms with Gasteiger partial charge >= 0.3 is 6.03 Å². The second kappa shape index (κ2) is 12.8. The fourth-order valence-corrected chi connectivity index (χ4v) is 6.01. The number of fused-ring (bicyclic) bond motifs is 1. The Hall–Kier alpha value is -4.22. The van der Waals surface area contributed by atoms with Crippen molar-refractivity contribution in [2.45, 2.75) is 44.7 Å². The van der Waals surface area contributed by atoms with Crippen molar-refractivity contribution in [3.63, 3.8) is 0 Å². The highest BCUT2D eigenvalue weighted by atomic mass is 16.5. The van der Waals surface area contributed by atoms with E-state index in [1.807, 2.05) is 58.8 Å². The van der Waals surface area contributed by atoms with E-state index < -0.39 is 5.54 Å². The van der Waals surface area contributed by atoms with Gasteiger partial charge in [-0.3, -0.25) is 4.79 Å². The van der Waals surface area contributed by atoms with Crippen LogP contribution < -0.4 is 15.5 Å². The third kappa shape index (κ3) is 6.79. The van der Waals surface area contributed by atoms with Crippen LogP contribution in [-0.4, -0.2) is 95.4 Å². The first-order valence-electron chi connectivity index (χ1n) is 15.5. The lowest BCUT2D eigenvalue weighted by molar-refractivity contribution is -0.127. The molecule has 1 atom stereocenters. The SMILES string of the molecule is CN(C)Cc1cc2c(N3CCOCC3)nc(-c3ccc(NC(=O)NC4(C)C=CC(C(=O)N5CCCCC5)=CC4)cc3)nn2c1. The zero-order valence-corrected chi connectivity index (χ0v) is 25.9. The van der Waals surface area contributed by atoms with E-state index in [2.05, 4.69) is 46.8 Å². The molecule has 4 heterocycles. The molecule has 2 fully saturated rings. The minimum atomic E-state index is -0.586. The third-order valence-corrected chi connectivity index (χ3v) is 8.38. The largest absolute Gasteiger partial charge is 0.378 e. The Bertz CT molecular complexity index is 1570. The van der Waals surface area contributed by atoms with Crippen LogP contribution in [0.1, 0.15) is 38.2 Å². The standard InChI is InChI=1S/C33H42N8O3/c1-33(13-11-26(12-14-33)31(42)40-15-5-4-6-16-40)36-32(43)34-27-9-7-25(8-10-27)29-35-30(39-17-19-44-20-18-39)28-21-24(22-38(2)3)23-41(28)37-29/h7-13,21,23H,4-6,14-20,22H2,1-3H3,(H2,34,36,43). The van der Waals surface area contributed by atoms with Crippen LogP contribution in [0.5, 0.6) is 0 Å². The van der Waals surface area contributed by atoms with Crippen molar-refractivity contribution in [3.8, 4) is 11.4 Å². The summed E-state index contributed by atoms with van der Waals surface area (Å²) in [6, 6.07) is 9.42. The second-order valence-electron chi connectivity index (χ2n) is 12.4. The Morgan fingerprint density at radius 1 is 1.05 bits per heavy atom. The van der Waals surface area contributed by atoms with Gasteiger partial charge in [-0.1, -0.05) is 18.2 Å². The van der Waals surface area contributed by atoms with Gasteiger partial charge in [0, 0.05) is 55.7 Å². The number of amides is 3. The Labute approximate surface area is 258 Å². The van der Waals surface area contributed by atoms with Crippen LogP contribution >= 0.6 is 0 Å². The van der Waals surface area contributed by atoms with Crippen molar-refractivity contribution in [2.24, 2.45) is 0 Å². The van der Waals surface area contributed by atoms with Gasteiger partial charge in [0.1, 0.15) is 5.52 Å². The van der Waals surface area contributed by atoms with Gasteiger partial charge in [-0.05, 0) is 82.6 Å². The van der Waals surface area contributed by atoms with Crippen LogP contribution in [0.15, 0.2) is 60.3 Å². The van der Waals surface area contributed by atoms with E-state index in [1.54, 1.807) is 0 Å². The molecule has 11 heteroatoms. The van der Waals surface area contributed by atoms with Crippen LogP contribution in [0.3, 0.4) is 0 Å². The van der Waals surface area contributed by atoms with Gasteiger partial charge in [0.25, 0.3) is 5.91 Å². The monoisotopic (exact) mass is 598 g/mol. The van der Waals surface area contributed by atoms with E-state index in [-0.39, 0.29) is 11.9 Å². The number of benzene rings is 1. The van der Waals surface area contributed by atoms with E-state index >= 15 is 0 Å². The molecule has 3 aromatic rings. The molecule has 1 unspecified atom stereocenters. The summed E-state index contributed by atoms with van der Waals surface area (Å²) in [5.41, 5.74) is 3.78. The van der Waals surface area contributed by atoms with E-state index in [4.69, 9.17) is 14.8 Å². The van der Waals surface area contributed by atoms with Gasteiger partial charge in [0.15, 0.2) is 11.6 Å². The van der Waals surface area contributed by atoms with Crippen LogP contribution in [0.4, 0.5) is 16.3 Å². The number of nitrogens with one attached hydrogen (secondary N) is 2. The first-order valence-corrected chi connectivity index (χ1v) is 15.5. The summed E-state index contributed by atoms with van der Waals surface area (Å²) >= 11 is 0. The molecule has 232 valence electrons. The Morgan fingerprint density at radius 3 is 2.48 bits per heavy atom. The lowest BCUT2D eigenvalue weighted by Crippen LogP contribution is -2.47. The molecule has 2 aliphatic heterocycles. The molecule has 0 saturated carbocycles. The van der Waals surface area contributed by atoms with Gasteiger partial charge in [-0.15, -0.1) is 5.10 Å². The number of aromatic nitrogens is 3. The molecule has 2 aromatic heterocycles. The zero-order valence-electron chi connectivity index (χ0n) is 25.9. The Kier molecular flexibility index (Phi) is 8.67. The maximum atomic E-state index is 12.9. The molecule has 0 spiro atoms. The molecule has 2 N–H and O–H groups in total. The fraction of sp³-hybridized carbons (Fsp3) is 0.455. The first kappa shape index (κ1) is 29.8. The number of hydrogen-bond acceptors (Lipinski definition) is 7. The minimum absolute atomic E-state index is 0.0820. The fourth-order valence-electron chi connectivity index (χ4n) is 6.01. The lowest BCUT2D eigenvalue weighted by atomic mass is 9.90. The number of hydrogen-bond donors (Lipinski definition) is 2. The summed E-state index contributed by atoms with van der Waals surface area (Å²) in [5, 5.41) is 10.8. The Balaban J connectivity index is 1.13. The minimum Gasteiger partial charge on any atom is -0.378 e. The molecule has 2 saturated heterocycles. The number of likely N-dealkylation sites (tertiary alicyclic amines) is 1. The number of piperidine rings is 1. The van der Waals surface area contributed by atoms with Crippen LogP contribution in [0, 0.1) is 0 Å². The first-order chi connectivity index (χ1) is 21.3. The van der Waals surface area contributed by atoms with Gasteiger partial charge in [-0.2, -0.15) is 0 Å². The Morgan fingerprint density at radius 2 is 1.80 bits per heavy atom. The zero-order chi connectivity index (χ0) is 30.7. The molecule has 0 bridgehead atoms. The van der Waals surface area contributed by atoms with Gasteiger partial charge in [0.2, 0.25) is 0 Å². The molecule has 3 aliphatic rings. The predicted octanol–water partition coefficient (Wildman–Crippen LogP) is 4.07. The summed E-state index contributed by atoms with van der Waals surface area (Å²) in [5.74, 6) is 1.59. The number of nitrogens with zero attached hydrogens (tertiary/aromatic N) is 6. The van der Waals surface area contributed by atoms with Gasteiger partial charge in [0.05, 0.1) is 18.8 Å². The van der Waals surface area contributed by atoms with Crippen LogP contribution in [-0.2, 0) is 16.1 Å². The van der Waals surface area contributed by atoms with Crippen LogP contribution in [0.2, 0.25) is 0 Å². The number of rotatable bonds is 7. The molecule has 1 aromatic carbocycles. The van der Waals surface area contributed by atoms with Crippen molar-refractivity contribution in [1.82, 2.24) is 29.7 Å². The van der Waals surface area contributed by atoms with Gasteiger partial charge < -0.3 is 30.1 Å². The number of carbonyl (C=O) groups excluding carboxylic acids is 2. The maximum absolute atomic E-state index is 12.9. The maximum Gasteiger partial charge on any atom is 0.319 e. The van der Waals surface area contributed by atoms with Crippen molar-refractivity contribution < 1.29 is 14.3 Å². The summed E-state index contributed by atoms with van der Waals surface area (Å²) in [4.78, 5) is 37.1. The number of carbonyl (C=O) groups is 2. The molecular weight excluding hydrogens is 556 g/mol. The van der Waals surface area contributed by atoms with Gasteiger partial charge in [-0.25, -0.2) is 14.3 Å². The molecule has 3 amide bonds. The summed E-state index contributed by atoms with van der Waals surface area (Å²) in [6.07, 6.45) is 11.6. The summed E-state index contributed by atoms with van der Waals surface area (Å²) in [7, 11) is 4.10. The molecule has 6 rings (SSSR count). The highest BCUT2D eigenvalue weighted by Crippen LogP contribution is 2.28. The highest BCUT2D eigenvalue weighted by molar-refractivity contribution is 5.97. The number of morpholine rings is 1.